The minimum Gasteiger partial charge on any atom is -0.497 e. The van der Waals surface area contributed by atoms with Crippen molar-refractivity contribution in [3.05, 3.63) is 60.4 Å². The van der Waals surface area contributed by atoms with Crippen LogP contribution in [0.25, 0.3) is 0 Å². The van der Waals surface area contributed by atoms with Crippen LogP contribution in [0.4, 0.5) is 17.3 Å². The molecule has 0 spiro atoms. The third-order valence-corrected chi connectivity index (χ3v) is 3.87. The number of anilines is 3. The van der Waals surface area contributed by atoms with Gasteiger partial charge in [-0.25, -0.2) is 9.97 Å². The number of carbonyl (C=O) groups excluding carboxylic acids is 1. The van der Waals surface area contributed by atoms with Crippen LogP contribution in [-0.4, -0.2) is 37.2 Å². The summed E-state index contributed by atoms with van der Waals surface area (Å²) >= 11 is 0. The molecule has 1 aromatic heterocycles. The number of benzene rings is 2. The first-order chi connectivity index (χ1) is 13.6. The average molecular weight is 380 g/mol. The van der Waals surface area contributed by atoms with E-state index in [1.165, 1.54) is 12.3 Å². The highest BCUT2D eigenvalue weighted by Gasteiger charge is 2.12. The van der Waals surface area contributed by atoms with Crippen LogP contribution in [0.1, 0.15) is 10.5 Å². The van der Waals surface area contributed by atoms with E-state index in [0.29, 0.717) is 28.6 Å². The lowest BCUT2D eigenvalue weighted by Crippen LogP contribution is -2.14. The molecule has 1 heterocycles. The van der Waals surface area contributed by atoms with Crippen molar-refractivity contribution in [1.82, 2.24) is 9.97 Å². The molecule has 144 valence electrons. The minimum absolute atomic E-state index is 0.216. The van der Waals surface area contributed by atoms with Crippen LogP contribution >= 0.6 is 0 Å². The van der Waals surface area contributed by atoms with E-state index >= 15 is 0 Å². The number of nitrogens with zero attached hydrogens (tertiary/aromatic N) is 2. The molecule has 28 heavy (non-hydrogen) atoms. The highest BCUT2D eigenvalue weighted by atomic mass is 16.5. The van der Waals surface area contributed by atoms with E-state index in [-0.39, 0.29) is 17.5 Å². The standard InChI is InChI=1S/C20H20N4O4/c1-26-14-6-4-5-13(11-14)22-19(25)17-9-10-21-20(24-17)23-16-8-7-15(27-2)12-18(16)28-3/h4-12H,1-3H3,(H,22,25)(H,21,23,24). The SMILES string of the molecule is COc1cccc(NC(=O)c2ccnc(Nc3ccc(OC)cc3OC)n2)c1. The predicted molar refractivity (Wildman–Crippen MR) is 106 cm³/mol. The Morgan fingerprint density at radius 3 is 2.46 bits per heavy atom. The van der Waals surface area contributed by atoms with Crippen LogP contribution in [0.3, 0.4) is 0 Å². The second-order valence-corrected chi connectivity index (χ2v) is 5.64. The molecular weight excluding hydrogens is 360 g/mol. The summed E-state index contributed by atoms with van der Waals surface area (Å²) in [6.45, 7) is 0. The molecule has 0 atom stereocenters. The zero-order valence-electron chi connectivity index (χ0n) is 15.7. The van der Waals surface area contributed by atoms with E-state index in [0.717, 1.165) is 0 Å². The Morgan fingerprint density at radius 1 is 0.929 bits per heavy atom. The first kappa shape index (κ1) is 19.0. The third-order valence-electron chi connectivity index (χ3n) is 3.87. The van der Waals surface area contributed by atoms with Gasteiger partial charge in [-0.2, -0.15) is 0 Å². The summed E-state index contributed by atoms with van der Waals surface area (Å²) in [7, 11) is 4.70. The molecule has 3 aromatic rings. The zero-order valence-corrected chi connectivity index (χ0v) is 15.7. The molecule has 0 aliphatic rings. The van der Waals surface area contributed by atoms with E-state index in [1.807, 2.05) is 0 Å². The summed E-state index contributed by atoms with van der Waals surface area (Å²) < 4.78 is 15.7. The molecule has 1 amide bonds. The molecule has 0 aliphatic carbocycles. The molecule has 3 rings (SSSR count). The van der Waals surface area contributed by atoms with Gasteiger partial charge in [0.2, 0.25) is 5.95 Å². The number of hydrogen-bond acceptors (Lipinski definition) is 7. The lowest BCUT2D eigenvalue weighted by atomic mass is 10.2. The Morgan fingerprint density at radius 2 is 1.71 bits per heavy atom. The third kappa shape index (κ3) is 4.47. The fourth-order valence-corrected chi connectivity index (χ4v) is 2.46. The van der Waals surface area contributed by atoms with Gasteiger partial charge in [0.1, 0.15) is 22.9 Å². The summed E-state index contributed by atoms with van der Waals surface area (Å²) in [5.41, 5.74) is 1.47. The van der Waals surface area contributed by atoms with Gasteiger partial charge in [0.15, 0.2) is 0 Å². The molecule has 0 aliphatic heterocycles. The van der Waals surface area contributed by atoms with Crippen LogP contribution in [0.15, 0.2) is 54.7 Å². The van der Waals surface area contributed by atoms with Gasteiger partial charge in [-0.15, -0.1) is 0 Å². The maximum absolute atomic E-state index is 12.5. The van der Waals surface area contributed by atoms with Crippen molar-refractivity contribution in [1.29, 1.82) is 0 Å². The molecule has 0 bridgehead atoms. The van der Waals surface area contributed by atoms with Gasteiger partial charge in [-0.1, -0.05) is 6.07 Å². The number of methoxy groups -OCH3 is 3. The first-order valence-electron chi connectivity index (χ1n) is 8.40. The number of nitrogens with one attached hydrogen (secondary N) is 2. The molecule has 0 saturated heterocycles. The van der Waals surface area contributed by atoms with E-state index in [1.54, 1.807) is 63.8 Å². The molecule has 0 unspecified atom stereocenters. The summed E-state index contributed by atoms with van der Waals surface area (Å²) in [4.78, 5) is 20.9. The topological polar surface area (TPSA) is 94.6 Å². The summed E-state index contributed by atoms with van der Waals surface area (Å²) in [5.74, 6) is 1.78. The Labute approximate surface area is 162 Å². The summed E-state index contributed by atoms with van der Waals surface area (Å²) in [5, 5.41) is 5.83. The van der Waals surface area contributed by atoms with Crippen molar-refractivity contribution < 1.29 is 19.0 Å². The molecule has 2 aromatic carbocycles. The zero-order chi connectivity index (χ0) is 19.9. The quantitative estimate of drug-likeness (QED) is 0.648. The van der Waals surface area contributed by atoms with Crippen LogP contribution in [0, 0.1) is 0 Å². The number of aromatic nitrogens is 2. The van der Waals surface area contributed by atoms with Crippen LogP contribution in [0.5, 0.6) is 17.2 Å². The number of ether oxygens (including phenoxy) is 3. The Bertz CT molecular complexity index is 978. The van der Waals surface area contributed by atoms with Gasteiger partial charge in [-0.3, -0.25) is 4.79 Å². The Hall–Kier alpha value is -3.81. The van der Waals surface area contributed by atoms with Crippen LogP contribution in [0.2, 0.25) is 0 Å². The van der Waals surface area contributed by atoms with Gasteiger partial charge in [0.25, 0.3) is 5.91 Å². The van der Waals surface area contributed by atoms with Crippen molar-refractivity contribution >= 4 is 23.2 Å². The summed E-state index contributed by atoms with van der Waals surface area (Å²) in [6.07, 6.45) is 1.51. The van der Waals surface area contributed by atoms with Gasteiger partial charge in [0, 0.05) is 24.0 Å². The van der Waals surface area contributed by atoms with Crippen LogP contribution < -0.4 is 24.8 Å². The normalized spacial score (nSPS) is 10.1. The van der Waals surface area contributed by atoms with E-state index in [2.05, 4.69) is 20.6 Å². The molecule has 8 nitrogen and oxygen atoms in total. The molecule has 0 saturated carbocycles. The Balaban J connectivity index is 1.77. The Kier molecular flexibility index (Phi) is 5.91. The average Bonchev–Trinajstić information content (AvgIpc) is 2.74. The highest BCUT2D eigenvalue weighted by molar-refractivity contribution is 6.03. The number of hydrogen-bond donors (Lipinski definition) is 2. The van der Waals surface area contributed by atoms with E-state index < -0.39 is 0 Å². The maximum Gasteiger partial charge on any atom is 0.274 e. The molecule has 0 radical (unpaired) electrons. The number of rotatable bonds is 7. The second-order valence-electron chi connectivity index (χ2n) is 5.64. The van der Waals surface area contributed by atoms with E-state index in [4.69, 9.17) is 14.2 Å². The number of amides is 1. The fraction of sp³-hybridized carbons (Fsp3) is 0.150. The smallest absolute Gasteiger partial charge is 0.274 e. The predicted octanol–water partition coefficient (Wildman–Crippen LogP) is 3.50. The van der Waals surface area contributed by atoms with Crippen molar-refractivity contribution in [2.75, 3.05) is 32.0 Å². The van der Waals surface area contributed by atoms with Gasteiger partial charge in [0.05, 0.1) is 27.0 Å². The van der Waals surface area contributed by atoms with Crippen LogP contribution in [-0.2, 0) is 0 Å². The largest absolute Gasteiger partial charge is 0.497 e. The molecule has 8 heteroatoms. The number of carbonyl (C=O) groups is 1. The lowest BCUT2D eigenvalue weighted by molar-refractivity contribution is 0.102. The van der Waals surface area contributed by atoms with Gasteiger partial charge >= 0.3 is 0 Å². The lowest BCUT2D eigenvalue weighted by Gasteiger charge is -2.12. The van der Waals surface area contributed by atoms with E-state index in [9.17, 15) is 4.79 Å². The fourth-order valence-electron chi connectivity index (χ4n) is 2.46. The molecule has 2 N–H and O–H groups in total. The van der Waals surface area contributed by atoms with Crippen molar-refractivity contribution in [2.24, 2.45) is 0 Å². The molecular formula is C20H20N4O4. The molecule has 0 fully saturated rings. The van der Waals surface area contributed by atoms with Crippen molar-refractivity contribution in [3.63, 3.8) is 0 Å². The van der Waals surface area contributed by atoms with Crippen molar-refractivity contribution in [3.8, 4) is 17.2 Å². The van der Waals surface area contributed by atoms with Gasteiger partial charge in [-0.05, 0) is 30.3 Å². The minimum atomic E-state index is -0.361. The summed E-state index contributed by atoms with van der Waals surface area (Å²) in [6, 6.07) is 13.9. The second kappa shape index (κ2) is 8.72. The monoisotopic (exact) mass is 380 g/mol. The van der Waals surface area contributed by atoms with Gasteiger partial charge < -0.3 is 24.8 Å². The van der Waals surface area contributed by atoms with Crippen molar-refractivity contribution in [2.45, 2.75) is 0 Å². The maximum atomic E-state index is 12.5. The highest BCUT2D eigenvalue weighted by Crippen LogP contribution is 2.30. The first-order valence-corrected chi connectivity index (χ1v) is 8.40.